The quantitative estimate of drug-likeness (QED) is 0.886. The van der Waals surface area contributed by atoms with Gasteiger partial charge in [0.25, 0.3) is 0 Å². The van der Waals surface area contributed by atoms with Gasteiger partial charge < -0.3 is 5.32 Å². The Balaban J connectivity index is 1.52. The zero-order valence-corrected chi connectivity index (χ0v) is 12.6. The van der Waals surface area contributed by atoms with Crippen LogP contribution in [0, 0.1) is 0 Å². The zero-order valence-electron chi connectivity index (χ0n) is 11.8. The van der Waals surface area contributed by atoms with Crippen LogP contribution in [0.25, 0.3) is 0 Å². The van der Waals surface area contributed by atoms with Crippen molar-refractivity contribution in [2.75, 3.05) is 5.32 Å². The summed E-state index contributed by atoms with van der Waals surface area (Å²) in [4.78, 5) is 12.1. The highest BCUT2D eigenvalue weighted by molar-refractivity contribution is 7.99. The van der Waals surface area contributed by atoms with Crippen molar-refractivity contribution in [3.05, 3.63) is 36.2 Å². The van der Waals surface area contributed by atoms with Crippen LogP contribution in [0.2, 0.25) is 0 Å². The number of benzene rings is 1. The van der Waals surface area contributed by atoms with Crippen LogP contribution in [0.3, 0.4) is 0 Å². The number of tetrazole rings is 1. The van der Waals surface area contributed by atoms with Gasteiger partial charge in [-0.3, -0.25) is 4.79 Å². The third-order valence-electron chi connectivity index (χ3n) is 3.33. The second kappa shape index (κ2) is 6.26. The molecule has 110 valence electrons. The summed E-state index contributed by atoms with van der Waals surface area (Å²) in [5.74, 6) is 1.49. The number of carbonyl (C=O) groups excluding carboxylic acids is 1. The van der Waals surface area contributed by atoms with Gasteiger partial charge in [0.05, 0.1) is 17.0 Å². The molecule has 0 saturated heterocycles. The van der Waals surface area contributed by atoms with Gasteiger partial charge in [-0.2, -0.15) is 0 Å². The van der Waals surface area contributed by atoms with Gasteiger partial charge in [-0.15, -0.1) is 16.9 Å². The fourth-order valence-corrected chi connectivity index (χ4v) is 2.75. The Kier molecular flexibility index (Phi) is 4.19. The first-order valence-electron chi connectivity index (χ1n) is 6.98. The lowest BCUT2D eigenvalue weighted by molar-refractivity contribution is -0.115. The normalized spacial score (nSPS) is 15.7. The minimum absolute atomic E-state index is 0.00311. The summed E-state index contributed by atoms with van der Waals surface area (Å²) in [5, 5.41) is 14.5. The molecule has 7 heteroatoms. The molecule has 3 rings (SSSR count). The van der Waals surface area contributed by atoms with Gasteiger partial charge in [0, 0.05) is 5.69 Å². The lowest BCUT2D eigenvalue weighted by atomic mass is 10.3. The van der Waals surface area contributed by atoms with Crippen molar-refractivity contribution < 1.29 is 4.79 Å². The number of hydrogen-bond acceptors (Lipinski definition) is 5. The van der Waals surface area contributed by atoms with E-state index >= 15 is 0 Å². The molecular weight excluding hydrogens is 286 g/mol. The Labute approximate surface area is 127 Å². The van der Waals surface area contributed by atoms with Gasteiger partial charge in [0.15, 0.2) is 5.82 Å². The summed E-state index contributed by atoms with van der Waals surface area (Å²) in [7, 11) is 0. The molecule has 1 aromatic carbocycles. The van der Waals surface area contributed by atoms with Crippen molar-refractivity contribution >= 4 is 23.4 Å². The molecule has 1 aliphatic carbocycles. The molecule has 1 heterocycles. The third kappa shape index (κ3) is 3.60. The highest BCUT2D eigenvalue weighted by atomic mass is 32.2. The maximum absolute atomic E-state index is 12.1. The monoisotopic (exact) mass is 303 g/mol. The molecule has 0 bridgehead atoms. The fraction of sp³-hybridized carbons (Fsp3) is 0.429. The van der Waals surface area contributed by atoms with E-state index < -0.39 is 0 Å². The molecule has 21 heavy (non-hydrogen) atoms. The number of anilines is 1. The van der Waals surface area contributed by atoms with E-state index in [-0.39, 0.29) is 11.2 Å². The van der Waals surface area contributed by atoms with Crippen LogP contribution in [0.4, 0.5) is 5.69 Å². The molecule has 1 aromatic heterocycles. The molecule has 0 spiro atoms. The van der Waals surface area contributed by atoms with Gasteiger partial charge in [0.1, 0.15) is 0 Å². The molecule has 1 saturated carbocycles. The molecule has 1 atom stereocenters. The SMILES string of the molecule is CC(SCc1nnnn1C1CC1)C(=O)Nc1ccccc1. The van der Waals surface area contributed by atoms with E-state index in [4.69, 9.17) is 0 Å². The first kappa shape index (κ1) is 14.1. The van der Waals surface area contributed by atoms with Crippen LogP contribution in [0.15, 0.2) is 30.3 Å². The molecule has 6 nitrogen and oxygen atoms in total. The predicted molar refractivity (Wildman–Crippen MR) is 81.9 cm³/mol. The summed E-state index contributed by atoms with van der Waals surface area (Å²) in [6.45, 7) is 1.90. The average Bonchev–Trinajstić information content (AvgIpc) is 3.24. The molecule has 1 unspecified atom stereocenters. The highest BCUT2D eigenvalue weighted by Gasteiger charge is 2.28. The summed E-state index contributed by atoms with van der Waals surface area (Å²) in [6, 6.07) is 9.94. The van der Waals surface area contributed by atoms with Crippen molar-refractivity contribution in [3.63, 3.8) is 0 Å². The van der Waals surface area contributed by atoms with E-state index in [0.29, 0.717) is 11.8 Å². The van der Waals surface area contributed by atoms with Gasteiger partial charge in [-0.05, 0) is 42.3 Å². The lowest BCUT2D eigenvalue weighted by Crippen LogP contribution is -2.22. The largest absolute Gasteiger partial charge is 0.325 e. The summed E-state index contributed by atoms with van der Waals surface area (Å²) in [6.07, 6.45) is 2.29. The summed E-state index contributed by atoms with van der Waals surface area (Å²) < 4.78 is 1.88. The van der Waals surface area contributed by atoms with Crippen LogP contribution in [-0.2, 0) is 10.5 Å². The average molecular weight is 303 g/mol. The predicted octanol–water partition coefficient (Wildman–Crippen LogP) is 2.27. The number of rotatable bonds is 6. The van der Waals surface area contributed by atoms with E-state index in [1.54, 1.807) is 11.8 Å². The molecule has 1 aliphatic rings. The Morgan fingerprint density at radius 2 is 2.19 bits per heavy atom. The Morgan fingerprint density at radius 3 is 2.90 bits per heavy atom. The Morgan fingerprint density at radius 1 is 1.43 bits per heavy atom. The van der Waals surface area contributed by atoms with Crippen molar-refractivity contribution in [3.8, 4) is 0 Å². The Bertz CT molecular complexity index is 611. The number of nitrogens with zero attached hydrogens (tertiary/aromatic N) is 4. The minimum atomic E-state index is -0.158. The number of amides is 1. The number of hydrogen-bond donors (Lipinski definition) is 1. The molecule has 0 aliphatic heterocycles. The van der Waals surface area contributed by atoms with Crippen LogP contribution >= 0.6 is 11.8 Å². The third-order valence-corrected chi connectivity index (χ3v) is 4.47. The first-order valence-corrected chi connectivity index (χ1v) is 8.03. The van der Waals surface area contributed by atoms with Crippen LogP contribution in [0.5, 0.6) is 0 Å². The molecule has 2 aromatic rings. The summed E-state index contributed by atoms with van der Waals surface area (Å²) in [5.41, 5.74) is 0.817. The standard InChI is InChI=1S/C14H17N5OS/c1-10(14(20)15-11-5-3-2-4-6-11)21-9-13-16-17-18-19(13)12-7-8-12/h2-6,10,12H,7-9H2,1H3,(H,15,20). The molecule has 1 amide bonds. The molecule has 1 N–H and O–H groups in total. The van der Waals surface area contributed by atoms with Crippen LogP contribution < -0.4 is 5.32 Å². The summed E-state index contributed by atoms with van der Waals surface area (Å²) >= 11 is 1.55. The van der Waals surface area contributed by atoms with E-state index in [9.17, 15) is 4.79 Å². The number of thioether (sulfide) groups is 1. The smallest absolute Gasteiger partial charge is 0.237 e. The van der Waals surface area contributed by atoms with Gasteiger partial charge >= 0.3 is 0 Å². The zero-order chi connectivity index (χ0) is 14.7. The second-order valence-corrected chi connectivity index (χ2v) is 6.41. The lowest BCUT2D eigenvalue weighted by Gasteiger charge is -2.11. The minimum Gasteiger partial charge on any atom is -0.325 e. The fourth-order valence-electron chi connectivity index (χ4n) is 1.95. The van der Waals surface area contributed by atoms with Crippen molar-refractivity contribution in [2.24, 2.45) is 0 Å². The van der Waals surface area contributed by atoms with Crippen molar-refractivity contribution in [1.82, 2.24) is 20.2 Å². The second-order valence-electron chi connectivity index (χ2n) is 5.08. The number of para-hydroxylation sites is 1. The van der Waals surface area contributed by atoms with E-state index in [2.05, 4.69) is 20.8 Å². The topological polar surface area (TPSA) is 72.7 Å². The van der Waals surface area contributed by atoms with Crippen molar-refractivity contribution in [1.29, 1.82) is 0 Å². The van der Waals surface area contributed by atoms with Gasteiger partial charge in [-0.1, -0.05) is 18.2 Å². The van der Waals surface area contributed by atoms with Crippen molar-refractivity contribution in [2.45, 2.75) is 36.8 Å². The van der Waals surface area contributed by atoms with E-state index in [0.717, 1.165) is 24.4 Å². The molecular formula is C14H17N5OS. The van der Waals surface area contributed by atoms with E-state index in [1.165, 1.54) is 0 Å². The van der Waals surface area contributed by atoms with Gasteiger partial charge in [-0.25, -0.2) is 4.68 Å². The molecule has 0 radical (unpaired) electrons. The molecule has 1 fully saturated rings. The number of carbonyl (C=O) groups is 1. The van der Waals surface area contributed by atoms with E-state index in [1.807, 2.05) is 41.9 Å². The maximum atomic E-state index is 12.1. The van der Waals surface area contributed by atoms with Crippen LogP contribution in [0.1, 0.15) is 31.6 Å². The van der Waals surface area contributed by atoms with Gasteiger partial charge in [0.2, 0.25) is 5.91 Å². The van der Waals surface area contributed by atoms with Crippen LogP contribution in [-0.4, -0.2) is 31.4 Å². The number of aromatic nitrogens is 4. The Hall–Kier alpha value is -1.89. The maximum Gasteiger partial charge on any atom is 0.237 e. The highest BCUT2D eigenvalue weighted by Crippen LogP contribution is 2.35. The first-order chi connectivity index (χ1) is 10.2. The number of nitrogens with one attached hydrogen (secondary N) is 1.